The second-order valence-corrected chi connectivity index (χ2v) is 8.03. The zero-order chi connectivity index (χ0) is 21.6. The summed E-state index contributed by atoms with van der Waals surface area (Å²) in [4.78, 5) is 29.3. The Morgan fingerprint density at radius 2 is 1.77 bits per heavy atom. The predicted molar refractivity (Wildman–Crippen MR) is 117 cm³/mol. The van der Waals surface area contributed by atoms with Gasteiger partial charge < -0.3 is 19.9 Å². The third kappa shape index (κ3) is 5.16. The third-order valence-electron chi connectivity index (χ3n) is 5.81. The maximum Gasteiger partial charge on any atom is 0.265 e. The van der Waals surface area contributed by atoms with Gasteiger partial charge in [-0.1, -0.05) is 30.3 Å². The molecule has 0 aliphatic carbocycles. The Bertz CT molecular complexity index is 930. The van der Waals surface area contributed by atoms with Crippen molar-refractivity contribution in [1.29, 1.82) is 0 Å². The number of nitrogens with zero attached hydrogens (tertiary/aromatic N) is 2. The topological polar surface area (TPSA) is 61.9 Å². The van der Waals surface area contributed by atoms with Crippen molar-refractivity contribution in [3.8, 4) is 5.75 Å². The smallest absolute Gasteiger partial charge is 0.265 e. The summed E-state index contributed by atoms with van der Waals surface area (Å²) in [5, 5.41) is 2.86. The van der Waals surface area contributed by atoms with Crippen molar-refractivity contribution in [1.82, 2.24) is 10.2 Å². The lowest BCUT2D eigenvalue weighted by atomic mass is 10.1. The van der Waals surface area contributed by atoms with Crippen LogP contribution in [0.1, 0.15) is 24.8 Å². The number of hydrogen-bond acceptors (Lipinski definition) is 4. The third-order valence-corrected chi connectivity index (χ3v) is 5.81. The molecule has 4 rings (SSSR count). The van der Waals surface area contributed by atoms with Gasteiger partial charge in [0.25, 0.3) is 5.91 Å². The lowest BCUT2D eigenvalue weighted by Gasteiger charge is -2.38. The fourth-order valence-electron chi connectivity index (χ4n) is 4.17. The van der Waals surface area contributed by atoms with E-state index in [1.807, 2.05) is 34.1 Å². The number of carbonyl (C=O) groups is 2. The predicted octanol–water partition coefficient (Wildman–Crippen LogP) is 2.76. The van der Waals surface area contributed by atoms with Crippen LogP contribution in [-0.2, 0) is 16.0 Å². The van der Waals surface area contributed by atoms with Gasteiger partial charge >= 0.3 is 0 Å². The number of halogens is 1. The van der Waals surface area contributed by atoms with E-state index in [-0.39, 0.29) is 24.2 Å². The summed E-state index contributed by atoms with van der Waals surface area (Å²) in [5.74, 6) is 0.164. The van der Waals surface area contributed by atoms with Crippen LogP contribution in [0.25, 0.3) is 0 Å². The molecule has 1 fully saturated rings. The van der Waals surface area contributed by atoms with Crippen LogP contribution in [0.2, 0.25) is 0 Å². The van der Waals surface area contributed by atoms with Gasteiger partial charge in [-0.25, -0.2) is 4.39 Å². The Hall–Kier alpha value is -3.09. The first-order valence-corrected chi connectivity index (χ1v) is 10.9. The van der Waals surface area contributed by atoms with Crippen molar-refractivity contribution in [2.75, 3.05) is 37.6 Å². The minimum Gasteiger partial charge on any atom is -0.477 e. The Balaban J connectivity index is 1.38. The summed E-state index contributed by atoms with van der Waals surface area (Å²) < 4.78 is 19.8. The van der Waals surface area contributed by atoms with E-state index >= 15 is 0 Å². The van der Waals surface area contributed by atoms with Gasteiger partial charge in [0.05, 0.1) is 18.8 Å². The monoisotopic (exact) mass is 425 g/mol. The van der Waals surface area contributed by atoms with Gasteiger partial charge in [-0.3, -0.25) is 9.59 Å². The molecule has 1 unspecified atom stereocenters. The molecule has 1 N–H and O–H groups in total. The second-order valence-electron chi connectivity index (χ2n) is 8.03. The average Bonchev–Trinajstić information content (AvgIpc) is 2.80. The molecule has 6 nitrogen and oxygen atoms in total. The molecule has 0 bridgehead atoms. The number of nitrogens with one attached hydrogen (secondary N) is 1. The minimum atomic E-state index is -0.626. The number of hydrogen-bond donors (Lipinski definition) is 1. The van der Waals surface area contributed by atoms with Crippen molar-refractivity contribution in [3.63, 3.8) is 0 Å². The molecule has 2 aliphatic heterocycles. The molecular formula is C24H28FN3O3. The summed E-state index contributed by atoms with van der Waals surface area (Å²) in [6.45, 7) is 2.31. The lowest BCUT2D eigenvalue weighted by molar-refractivity contribution is -0.139. The van der Waals surface area contributed by atoms with Crippen molar-refractivity contribution in [2.24, 2.45) is 0 Å². The quantitative estimate of drug-likeness (QED) is 0.773. The summed E-state index contributed by atoms with van der Waals surface area (Å²) >= 11 is 0. The lowest BCUT2D eigenvalue weighted by Crippen LogP contribution is -2.53. The molecular weight excluding hydrogens is 397 g/mol. The number of benzene rings is 2. The number of fused-ring (bicyclic) bond motifs is 1. The van der Waals surface area contributed by atoms with Crippen LogP contribution in [0.4, 0.5) is 10.1 Å². The van der Waals surface area contributed by atoms with Crippen LogP contribution in [0.5, 0.6) is 5.75 Å². The van der Waals surface area contributed by atoms with Gasteiger partial charge in [0, 0.05) is 19.6 Å². The number of carbonyl (C=O) groups excluding carboxylic acids is 2. The number of likely N-dealkylation sites (tertiary alicyclic amines) is 1. The number of rotatable bonds is 6. The van der Waals surface area contributed by atoms with Crippen molar-refractivity contribution < 1.29 is 18.7 Å². The molecule has 7 heteroatoms. The van der Waals surface area contributed by atoms with Gasteiger partial charge in [-0.2, -0.15) is 0 Å². The normalized spacial score (nSPS) is 18.2. The Kier molecular flexibility index (Phi) is 6.70. The molecule has 2 heterocycles. The minimum absolute atomic E-state index is 0.0147. The number of anilines is 1. The number of para-hydroxylation sites is 2. The van der Waals surface area contributed by atoms with Gasteiger partial charge in [-0.15, -0.1) is 0 Å². The molecule has 2 aromatic rings. The number of ether oxygens (including phenoxy) is 1. The fourth-order valence-corrected chi connectivity index (χ4v) is 4.17. The highest BCUT2D eigenvalue weighted by Gasteiger charge is 2.34. The summed E-state index contributed by atoms with van der Waals surface area (Å²) in [6.07, 6.45) is 2.98. The van der Waals surface area contributed by atoms with Gasteiger partial charge in [0.15, 0.2) is 6.10 Å². The van der Waals surface area contributed by atoms with Crippen molar-refractivity contribution in [2.45, 2.75) is 31.8 Å². The van der Waals surface area contributed by atoms with E-state index in [4.69, 9.17) is 4.74 Å². The maximum absolute atomic E-state index is 13.8. The molecule has 1 saturated heterocycles. The zero-order valence-electron chi connectivity index (χ0n) is 17.6. The van der Waals surface area contributed by atoms with Crippen LogP contribution < -0.4 is 15.0 Å². The van der Waals surface area contributed by atoms with E-state index < -0.39 is 6.10 Å². The highest BCUT2D eigenvalue weighted by Crippen LogP contribution is 2.33. The van der Waals surface area contributed by atoms with Crippen molar-refractivity contribution in [3.05, 3.63) is 59.9 Å². The molecule has 2 aliphatic rings. The summed E-state index contributed by atoms with van der Waals surface area (Å²) in [7, 11) is 0. The highest BCUT2D eigenvalue weighted by atomic mass is 19.1. The Labute approximate surface area is 182 Å². The van der Waals surface area contributed by atoms with Gasteiger partial charge in [0.2, 0.25) is 5.91 Å². The zero-order valence-corrected chi connectivity index (χ0v) is 17.6. The first-order chi connectivity index (χ1) is 15.1. The molecule has 0 saturated carbocycles. The van der Waals surface area contributed by atoms with Crippen LogP contribution in [0.3, 0.4) is 0 Å². The largest absolute Gasteiger partial charge is 0.477 e. The Morgan fingerprint density at radius 3 is 2.58 bits per heavy atom. The van der Waals surface area contributed by atoms with E-state index in [1.54, 1.807) is 18.2 Å². The first kappa shape index (κ1) is 21.2. The maximum atomic E-state index is 13.8. The highest BCUT2D eigenvalue weighted by molar-refractivity contribution is 5.86. The molecule has 2 amide bonds. The van der Waals surface area contributed by atoms with E-state index in [1.165, 1.54) is 6.07 Å². The van der Waals surface area contributed by atoms with E-state index in [2.05, 4.69) is 5.32 Å². The van der Waals surface area contributed by atoms with Crippen LogP contribution in [0.15, 0.2) is 48.5 Å². The van der Waals surface area contributed by atoms with Crippen LogP contribution in [0, 0.1) is 5.82 Å². The molecule has 164 valence electrons. The van der Waals surface area contributed by atoms with Crippen LogP contribution >= 0.6 is 0 Å². The van der Waals surface area contributed by atoms with E-state index in [0.717, 1.165) is 38.0 Å². The first-order valence-electron chi connectivity index (χ1n) is 10.9. The van der Waals surface area contributed by atoms with Crippen molar-refractivity contribution >= 4 is 17.5 Å². The van der Waals surface area contributed by atoms with Gasteiger partial charge in [-0.05, 0) is 49.4 Å². The molecule has 2 aromatic carbocycles. The van der Waals surface area contributed by atoms with E-state index in [0.29, 0.717) is 30.8 Å². The molecule has 0 radical (unpaired) electrons. The van der Waals surface area contributed by atoms with Gasteiger partial charge in [0.1, 0.15) is 11.6 Å². The number of amides is 2. The SMILES string of the molecule is O=C(CN1CC(C(=O)N2CCCCC2)Oc2ccccc21)NCCc1ccccc1F. The summed E-state index contributed by atoms with van der Waals surface area (Å²) in [5.41, 5.74) is 1.38. The number of piperidine rings is 1. The fraction of sp³-hybridized carbons (Fsp3) is 0.417. The average molecular weight is 426 g/mol. The molecule has 0 spiro atoms. The Morgan fingerprint density at radius 1 is 1.03 bits per heavy atom. The van der Waals surface area contributed by atoms with Crippen LogP contribution in [-0.4, -0.2) is 55.5 Å². The second kappa shape index (κ2) is 9.81. The van der Waals surface area contributed by atoms with E-state index in [9.17, 15) is 14.0 Å². The molecule has 0 aromatic heterocycles. The standard InChI is InChI=1S/C24H28FN3O3/c25-19-9-3-2-8-18(19)12-13-26-23(29)17-28-16-22(24(30)27-14-6-1-7-15-27)31-21-11-5-4-10-20(21)28/h2-5,8-11,22H,1,6-7,12-17H2,(H,26,29). The summed E-state index contributed by atoms with van der Waals surface area (Å²) in [6, 6.07) is 14.0. The molecule has 1 atom stereocenters. The molecule has 31 heavy (non-hydrogen) atoms.